The van der Waals surface area contributed by atoms with Gasteiger partial charge in [-0.25, -0.2) is 5.14 Å². The Kier molecular flexibility index (Phi) is 5.84. The van der Waals surface area contributed by atoms with Gasteiger partial charge in [-0.2, -0.15) is 8.42 Å². The molecule has 0 bridgehead atoms. The minimum absolute atomic E-state index is 0.170. The van der Waals surface area contributed by atoms with Gasteiger partial charge in [0.15, 0.2) is 5.79 Å². The van der Waals surface area contributed by atoms with Gasteiger partial charge in [0.2, 0.25) is 0 Å². The van der Waals surface area contributed by atoms with E-state index in [1.54, 1.807) is 0 Å². The van der Waals surface area contributed by atoms with E-state index >= 15 is 0 Å². The van der Waals surface area contributed by atoms with Gasteiger partial charge in [-0.05, 0) is 47.1 Å². The van der Waals surface area contributed by atoms with Crippen molar-refractivity contribution in [1.29, 1.82) is 0 Å². The fourth-order valence-corrected chi connectivity index (χ4v) is 3.53. The maximum Gasteiger partial charge on any atom is 0.333 e. The van der Waals surface area contributed by atoms with Crippen molar-refractivity contribution >= 4 is 32.9 Å². The normalized spacial score (nSPS) is 24.5. The lowest BCUT2D eigenvalue weighted by Crippen LogP contribution is -2.31. The first kappa shape index (κ1) is 18.1. The number of benzene rings is 1. The van der Waals surface area contributed by atoms with Crippen molar-refractivity contribution in [3.05, 3.63) is 33.4 Å². The van der Waals surface area contributed by atoms with Crippen molar-refractivity contribution in [2.24, 2.45) is 5.14 Å². The highest BCUT2D eigenvalue weighted by molar-refractivity contribution is 14.1. The summed E-state index contributed by atoms with van der Waals surface area (Å²) < 4.78 is 40.0. The number of hydrogen-bond donors (Lipinski definition) is 1. The third-order valence-corrected chi connectivity index (χ3v) is 5.18. The highest BCUT2D eigenvalue weighted by Gasteiger charge is 2.46. The van der Waals surface area contributed by atoms with Crippen LogP contribution in [0.2, 0.25) is 0 Å². The number of halogens is 1. The predicted molar refractivity (Wildman–Crippen MR) is 90.2 cm³/mol. The lowest BCUT2D eigenvalue weighted by molar-refractivity contribution is -0.181. The van der Waals surface area contributed by atoms with E-state index in [-0.39, 0.29) is 6.61 Å². The van der Waals surface area contributed by atoms with E-state index in [9.17, 15) is 8.42 Å². The average molecular weight is 441 g/mol. The second kappa shape index (κ2) is 7.10. The van der Waals surface area contributed by atoms with E-state index in [1.807, 2.05) is 38.1 Å². The first-order valence-electron chi connectivity index (χ1n) is 7.07. The Morgan fingerprint density at radius 1 is 1.27 bits per heavy atom. The standard InChI is InChI=1S/C14H20INO5S/c1-3-14(4-2)20-12(9-19-22(16,17)18)13(21-14)10-7-5-6-8-11(10)15/h5-8,12-13H,3-4,9H2,1-2H3,(H2,16,17,18)/t12-,13-/m0/s1. The second-order valence-corrected chi connectivity index (χ2v) is 7.49. The lowest BCUT2D eigenvalue weighted by Gasteiger charge is -2.25. The van der Waals surface area contributed by atoms with Gasteiger partial charge in [0, 0.05) is 3.57 Å². The molecule has 6 nitrogen and oxygen atoms in total. The Balaban J connectivity index is 2.29. The molecule has 8 heteroatoms. The molecule has 1 aromatic carbocycles. The second-order valence-electron chi connectivity index (χ2n) is 5.11. The topological polar surface area (TPSA) is 87.9 Å². The first-order chi connectivity index (χ1) is 10.3. The fourth-order valence-electron chi connectivity index (χ4n) is 2.51. The molecule has 0 saturated carbocycles. The molecule has 0 spiro atoms. The van der Waals surface area contributed by atoms with Crippen LogP contribution in [-0.4, -0.2) is 26.9 Å². The highest BCUT2D eigenvalue weighted by Crippen LogP contribution is 2.43. The molecule has 2 atom stereocenters. The third-order valence-electron chi connectivity index (χ3n) is 3.73. The molecule has 2 N–H and O–H groups in total. The molecule has 2 rings (SSSR count). The summed E-state index contributed by atoms with van der Waals surface area (Å²) in [7, 11) is -4.02. The SMILES string of the molecule is CCC1(CC)O[C@@H](COS(N)(=O)=O)[C@H](c2ccccc2I)O1. The summed E-state index contributed by atoms with van der Waals surface area (Å²) in [6.07, 6.45) is 0.397. The van der Waals surface area contributed by atoms with Crippen LogP contribution in [0.1, 0.15) is 38.4 Å². The molecule has 1 aliphatic heterocycles. The van der Waals surface area contributed by atoms with Crippen molar-refractivity contribution in [3.8, 4) is 0 Å². The predicted octanol–water partition coefficient (Wildman–Crippen LogP) is 2.48. The van der Waals surface area contributed by atoms with Crippen molar-refractivity contribution in [2.75, 3.05) is 6.61 Å². The van der Waals surface area contributed by atoms with Gasteiger partial charge in [-0.3, -0.25) is 4.18 Å². The van der Waals surface area contributed by atoms with Gasteiger partial charge in [0.05, 0.1) is 6.61 Å². The Morgan fingerprint density at radius 2 is 1.91 bits per heavy atom. The van der Waals surface area contributed by atoms with Crippen LogP contribution in [0.4, 0.5) is 0 Å². The molecule has 0 aromatic heterocycles. The quantitative estimate of drug-likeness (QED) is 0.686. The molecule has 1 fully saturated rings. The van der Waals surface area contributed by atoms with Crippen molar-refractivity contribution in [2.45, 2.75) is 44.7 Å². The highest BCUT2D eigenvalue weighted by atomic mass is 127. The van der Waals surface area contributed by atoms with Crippen molar-refractivity contribution in [3.63, 3.8) is 0 Å². The van der Waals surface area contributed by atoms with Crippen LogP contribution in [0.15, 0.2) is 24.3 Å². The molecule has 1 saturated heterocycles. The van der Waals surface area contributed by atoms with Crippen LogP contribution < -0.4 is 5.14 Å². The van der Waals surface area contributed by atoms with Crippen LogP contribution in [0, 0.1) is 3.57 Å². The van der Waals surface area contributed by atoms with Crippen LogP contribution in [0.3, 0.4) is 0 Å². The van der Waals surface area contributed by atoms with Crippen molar-refractivity contribution < 1.29 is 22.1 Å². The zero-order valence-corrected chi connectivity index (χ0v) is 15.5. The summed E-state index contributed by atoms with van der Waals surface area (Å²) in [4.78, 5) is 0. The van der Waals surface area contributed by atoms with E-state index in [0.29, 0.717) is 12.8 Å². The minimum atomic E-state index is -4.02. The molecule has 0 radical (unpaired) electrons. The fraction of sp³-hybridized carbons (Fsp3) is 0.571. The largest absolute Gasteiger partial charge is 0.341 e. The van der Waals surface area contributed by atoms with Gasteiger partial charge in [-0.1, -0.05) is 32.0 Å². The Hall–Kier alpha value is -0.260. The van der Waals surface area contributed by atoms with Crippen molar-refractivity contribution in [1.82, 2.24) is 0 Å². The first-order valence-corrected chi connectivity index (χ1v) is 9.62. The summed E-state index contributed by atoms with van der Waals surface area (Å²) in [5.41, 5.74) is 0.954. The van der Waals surface area contributed by atoms with Gasteiger partial charge >= 0.3 is 10.3 Å². The number of ether oxygens (including phenoxy) is 2. The van der Waals surface area contributed by atoms with Gasteiger partial charge in [0.1, 0.15) is 12.2 Å². The zero-order valence-electron chi connectivity index (χ0n) is 12.5. The molecule has 0 aliphatic carbocycles. The Morgan fingerprint density at radius 3 is 2.45 bits per heavy atom. The monoisotopic (exact) mass is 441 g/mol. The maximum absolute atomic E-state index is 11.1. The molecule has 0 amide bonds. The van der Waals surface area contributed by atoms with E-state index in [2.05, 4.69) is 22.6 Å². The maximum atomic E-state index is 11.1. The van der Waals surface area contributed by atoms with Gasteiger partial charge in [-0.15, -0.1) is 0 Å². The lowest BCUT2D eigenvalue weighted by atomic mass is 10.1. The van der Waals surface area contributed by atoms with E-state index in [1.165, 1.54) is 0 Å². The van der Waals surface area contributed by atoms with Crippen LogP contribution in [0.5, 0.6) is 0 Å². The van der Waals surface area contributed by atoms with Crippen LogP contribution in [-0.2, 0) is 24.0 Å². The molecule has 1 heterocycles. The molecule has 1 aromatic rings. The average Bonchev–Trinajstić information content (AvgIpc) is 2.85. The molecule has 22 heavy (non-hydrogen) atoms. The minimum Gasteiger partial charge on any atom is -0.341 e. The summed E-state index contributed by atoms with van der Waals surface area (Å²) in [6, 6.07) is 7.76. The summed E-state index contributed by atoms with van der Waals surface area (Å²) in [5.74, 6) is -0.726. The van der Waals surface area contributed by atoms with Crippen LogP contribution in [0.25, 0.3) is 0 Å². The summed E-state index contributed by atoms with van der Waals surface area (Å²) >= 11 is 2.22. The van der Waals surface area contributed by atoms with Gasteiger partial charge < -0.3 is 9.47 Å². The molecule has 124 valence electrons. The molecule has 1 aliphatic rings. The van der Waals surface area contributed by atoms with E-state index in [4.69, 9.17) is 18.8 Å². The zero-order chi connectivity index (χ0) is 16.4. The Bertz CT molecular complexity index is 617. The summed E-state index contributed by atoms with van der Waals surface area (Å²) in [5, 5.41) is 4.91. The van der Waals surface area contributed by atoms with Crippen LogP contribution >= 0.6 is 22.6 Å². The number of nitrogens with two attached hydrogens (primary N) is 1. The third kappa shape index (κ3) is 4.18. The Labute approximate surface area is 144 Å². The molecular weight excluding hydrogens is 421 g/mol. The molecular formula is C14H20INO5S. The summed E-state index contributed by atoms with van der Waals surface area (Å²) in [6.45, 7) is 3.77. The molecule has 0 unspecified atom stereocenters. The number of rotatable bonds is 6. The van der Waals surface area contributed by atoms with E-state index < -0.39 is 28.3 Å². The number of hydrogen-bond acceptors (Lipinski definition) is 5. The van der Waals surface area contributed by atoms with Gasteiger partial charge in [0.25, 0.3) is 0 Å². The van der Waals surface area contributed by atoms with E-state index in [0.717, 1.165) is 9.13 Å². The smallest absolute Gasteiger partial charge is 0.333 e.